The summed E-state index contributed by atoms with van der Waals surface area (Å²) in [5, 5.41) is 0. The molecule has 0 saturated carbocycles. The first kappa shape index (κ1) is 15.4. The topological polar surface area (TPSA) is 73.8 Å². The SMILES string of the molecule is O=C(OCc1ccccc1)N(CC1COCO1)c1cnccn1. The summed E-state index contributed by atoms with van der Waals surface area (Å²) in [6.07, 6.45) is 3.89. The van der Waals surface area contributed by atoms with Crippen LogP contribution in [0.3, 0.4) is 0 Å². The van der Waals surface area contributed by atoms with Crippen LogP contribution in [0, 0.1) is 0 Å². The third kappa shape index (κ3) is 4.24. The van der Waals surface area contributed by atoms with E-state index >= 15 is 0 Å². The van der Waals surface area contributed by atoms with E-state index in [1.54, 1.807) is 6.20 Å². The first-order valence-electron chi connectivity index (χ1n) is 7.26. The Bertz CT molecular complexity index is 618. The molecule has 0 radical (unpaired) electrons. The molecule has 1 aromatic carbocycles. The number of aromatic nitrogens is 2. The van der Waals surface area contributed by atoms with Crippen molar-refractivity contribution in [2.24, 2.45) is 0 Å². The van der Waals surface area contributed by atoms with Crippen molar-refractivity contribution in [1.29, 1.82) is 0 Å². The van der Waals surface area contributed by atoms with Crippen LogP contribution in [-0.4, -0.2) is 42.1 Å². The number of ether oxygens (including phenoxy) is 3. The number of anilines is 1. The zero-order chi connectivity index (χ0) is 15.9. The van der Waals surface area contributed by atoms with E-state index in [2.05, 4.69) is 9.97 Å². The molecule has 7 heteroatoms. The number of carbonyl (C=O) groups excluding carboxylic acids is 1. The van der Waals surface area contributed by atoms with Crippen molar-refractivity contribution in [3.05, 3.63) is 54.5 Å². The van der Waals surface area contributed by atoms with Gasteiger partial charge in [0.25, 0.3) is 0 Å². The average Bonchev–Trinajstić information content (AvgIpc) is 3.12. The third-order valence-corrected chi connectivity index (χ3v) is 3.33. The highest BCUT2D eigenvalue weighted by Gasteiger charge is 2.26. The molecule has 1 atom stereocenters. The molecule has 0 aliphatic carbocycles. The molecule has 7 nitrogen and oxygen atoms in total. The lowest BCUT2D eigenvalue weighted by Crippen LogP contribution is -2.39. The van der Waals surface area contributed by atoms with Crippen molar-refractivity contribution in [3.8, 4) is 0 Å². The molecule has 120 valence electrons. The van der Waals surface area contributed by atoms with Gasteiger partial charge in [-0.25, -0.2) is 9.78 Å². The Kier molecular flexibility index (Phi) is 5.13. The van der Waals surface area contributed by atoms with Crippen molar-refractivity contribution in [2.75, 3.05) is 24.8 Å². The molecule has 23 heavy (non-hydrogen) atoms. The smallest absolute Gasteiger partial charge is 0.415 e. The van der Waals surface area contributed by atoms with Crippen LogP contribution in [0.5, 0.6) is 0 Å². The molecule has 1 saturated heterocycles. The van der Waals surface area contributed by atoms with Crippen molar-refractivity contribution in [1.82, 2.24) is 9.97 Å². The number of hydrogen-bond donors (Lipinski definition) is 0. The van der Waals surface area contributed by atoms with Crippen molar-refractivity contribution < 1.29 is 19.0 Å². The molecule has 1 aromatic heterocycles. The molecule has 1 aliphatic rings. The molecule has 1 aliphatic heterocycles. The van der Waals surface area contributed by atoms with Crippen LogP contribution < -0.4 is 4.90 Å². The van der Waals surface area contributed by atoms with E-state index < -0.39 is 6.09 Å². The molecule has 0 N–H and O–H groups in total. The maximum Gasteiger partial charge on any atom is 0.415 e. The largest absolute Gasteiger partial charge is 0.444 e. The van der Waals surface area contributed by atoms with E-state index in [0.717, 1.165) is 5.56 Å². The summed E-state index contributed by atoms with van der Waals surface area (Å²) in [6.45, 7) is 1.16. The van der Waals surface area contributed by atoms with Gasteiger partial charge in [-0.05, 0) is 5.56 Å². The van der Waals surface area contributed by atoms with E-state index in [1.165, 1.54) is 17.3 Å². The fraction of sp³-hybridized carbons (Fsp3) is 0.312. The summed E-state index contributed by atoms with van der Waals surface area (Å²) in [7, 11) is 0. The highest BCUT2D eigenvalue weighted by molar-refractivity contribution is 5.86. The summed E-state index contributed by atoms with van der Waals surface area (Å²) < 4.78 is 15.9. The number of nitrogens with zero attached hydrogens (tertiary/aromatic N) is 3. The Hall–Kier alpha value is -2.51. The first-order chi connectivity index (χ1) is 11.3. The van der Waals surface area contributed by atoms with Crippen LogP contribution in [0.4, 0.5) is 10.6 Å². The van der Waals surface area contributed by atoms with E-state index in [9.17, 15) is 4.79 Å². The molecule has 1 unspecified atom stereocenters. The predicted octanol–water partition coefficient (Wildman–Crippen LogP) is 1.99. The van der Waals surface area contributed by atoms with Gasteiger partial charge in [-0.2, -0.15) is 0 Å². The number of rotatable bonds is 5. The van der Waals surface area contributed by atoms with Crippen LogP contribution in [0.25, 0.3) is 0 Å². The molecule has 0 bridgehead atoms. The van der Waals surface area contributed by atoms with Crippen LogP contribution in [0.1, 0.15) is 5.56 Å². The van der Waals surface area contributed by atoms with Crippen LogP contribution in [-0.2, 0) is 20.8 Å². The van der Waals surface area contributed by atoms with Gasteiger partial charge in [-0.1, -0.05) is 30.3 Å². The van der Waals surface area contributed by atoms with E-state index in [-0.39, 0.29) is 19.5 Å². The average molecular weight is 315 g/mol. The van der Waals surface area contributed by atoms with Gasteiger partial charge in [-0.15, -0.1) is 0 Å². The zero-order valence-corrected chi connectivity index (χ0v) is 12.5. The Morgan fingerprint density at radius 3 is 2.87 bits per heavy atom. The highest BCUT2D eigenvalue weighted by Crippen LogP contribution is 2.15. The monoisotopic (exact) mass is 315 g/mol. The van der Waals surface area contributed by atoms with Crippen molar-refractivity contribution in [2.45, 2.75) is 12.7 Å². The molecular weight excluding hydrogens is 298 g/mol. The van der Waals surface area contributed by atoms with Crippen molar-refractivity contribution >= 4 is 11.9 Å². The number of hydrogen-bond acceptors (Lipinski definition) is 6. The van der Waals surface area contributed by atoms with E-state index in [0.29, 0.717) is 19.0 Å². The lowest BCUT2D eigenvalue weighted by Gasteiger charge is -2.22. The van der Waals surface area contributed by atoms with E-state index in [1.807, 2.05) is 30.3 Å². The number of benzene rings is 1. The Morgan fingerprint density at radius 1 is 1.30 bits per heavy atom. The maximum atomic E-state index is 12.4. The van der Waals surface area contributed by atoms with Gasteiger partial charge in [0.15, 0.2) is 5.82 Å². The quantitative estimate of drug-likeness (QED) is 0.840. The fourth-order valence-electron chi connectivity index (χ4n) is 2.17. The second-order valence-electron chi connectivity index (χ2n) is 4.99. The second-order valence-corrected chi connectivity index (χ2v) is 4.99. The zero-order valence-electron chi connectivity index (χ0n) is 12.5. The minimum Gasteiger partial charge on any atom is -0.444 e. The lowest BCUT2D eigenvalue weighted by atomic mass is 10.2. The highest BCUT2D eigenvalue weighted by atomic mass is 16.7. The van der Waals surface area contributed by atoms with Gasteiger partial charge < -0.3 is 14.2 Å². The van der Waals surface area contributed by atoms with Crippen LogP contribution in [0.2, 0.25) is 0 Å². The normalized spacial score (nSPS) is 17.0. The van der Waals surface area contributed by atoms with Gasteiger partial charge in [0.05, 0.1) is 19.3 Å². The standard InChI is InChI=1S/C16H17N3O4/c20-16(22-10-13-4-2-1-3-5-13)19(9-14-11-21-12-23-14)15-8-17-6-7-18-15/h1-8,14H,9-12H2. The van der Waals surface area contributed by atoms with Gasteiger partial charge in [-0.3, -0.25) is 9.88 Å². The number of carbonyl (C=O) groups is 1. The summed E-state index contributed by atoms with van der Waals surface area (Å²) in [4.78, 5) is 22.0. The predicted molar refractivity (Wildman–Crippen MR) is 81.7 cm³/mol. The Morgan fingerprint density at radius 2 is 2.17 bits per heavy atom. The molecule has 1 amide bonds. The summed E-state index contributed by atoms with van der Waals surface area (Å²) in [5.74, 6) is 0.418. The Labute approximate surface area is 133 Å². The molecule has 2 aromatic rings. The molecule has 1 fully saturated rings. The first-order valence-corrected chi connectivity index (χ1v) is 7.26. The summed E-state index contributed by atoms with van der Waals surface area (Å²) in [6, 6.07) is 9.50. The van der Waals surface area contributed by atoms with Gasteiger partial charge in [0, 0.05) is 12.4 Å². The maximum absolute atomic E-state index is 12.4. The summed E-state index contributed by atoms with van der Waals surface area (Å²) >= 11 is 0. The van der Waals surface area contributed by atoms with Crippen molar-refractivity contribution in [3.63, 3.8) is 0 Å². The second kappa shape index (κ2) is 7.66. The van der Waals surface area contributed by atoms with Crippen LogP contribution >= 0.6 is 0 Å². The fourth-order valence-corrected chi connectivity index (χ4v) is 2.17. The summed E-state index contributed by atoms with van der Waals surface area (Å²) in [5.41, 5.74) is 0.917. The Balaban J connectivity index is 1.67. The third-order valence-electron chi connectivity index (χ3n) is 3.33. The van der Waals surface area contributed by atoms with Gasteiger partial charge in [0.1, 0.15) is 19.5 Å². The van der Waals surface area contributed by atoms with E-state index in [4.69, 9.17) is 14.2 Å². The lowest BCUT2D eigenvalue weighted by molar-refractivity contribution is 0.0480. The van der Waals surface area contributed by atoms with Crippen LogP contribution in [0.15, 0.2) is 48.9 Å². The van der Waals surface area contributed by atoms with Gasteiger partial charge >= 0.3 is 6.09 Å². The molecule has 2 heterocycles. The van der Waals surface area contributed by atoms with Gasteiger partial charge in [0.2, 0.25) is 0 Å². The minimum atomic E-state index is -0.496. The molecule has 3 rings (SSSR count). The minimum absolute atomic E-state index is 0.193. The molecular formula is C16H17N3O4. The molecule has 0 spiro atoms. The number of amides is 1.